The van der Waals surface area contributed by atoms with Crippen LogP contribution in [0.25, 0.3) is 0 Å². The minimum Gasteiger partial charge on any atom is -0.366 e. The number of aldehydes is 1. The number of carbonyl (C=O) groups is 1. The van der Waals surface area contributed by atoms with Crippen LogP contribution < -0.4 is 0 Å². The van der Waals surface area contributed by atoms with E-state index >= 15 is 0 Å². The first kappa shape index (κ1) is 13.7. The van der Waals surface area contributed by atoms with E-state index in [1.807, 2.05) is 0 Å². The van der Waals surface area contributed by atoms with Gasteiger partial charge in [-0.15, -0.1) is 0 Å². The molecule has 0 heterocycles. The maximum absolute atomic E-state index is 11.0. The minimum atomic E-state index is -1.63. The van der Waals surface area contributed by atoms with E-state index in [0.29, 0.717) is 0 Å². The number of rotatable bonds is 6. The normalized spacial score (nSPS) is 30.6. The average Bonchev–Trinajstić information content (AvgIpc) is 2.60. The van der Waals surface area contributed by atoms with Gasteiger partial charge in [-0.05, 0) is 32.1 Å². The second-order valence-corrected chi connectivity index (χ2v) is 5.24. The van der Waals surface area contributed by atoms with Crippen LogP contribution in [0.15, 0.2) is 0 Å². The Labute approximate surface area is 97.9 Å². The maximum atomic E-state index is 11.0. The van der Waals surface area contributed by atoms with E-state index < -0.39 is 5.79 Å². The second-order valence-electron chi connectivity index (χ2n) is 5.24. The summed E-state index contributed by atoms with van der Waals surface area (Å²) in [7, 11) is 0. The summed E-state index contributed by atoms with van der Waals surface area (Å²) in [4.78, 5) is 11.0. The largest absolute Gasteiger partial charge is 0.366 e. The molecule has 1 fully saturated rings. The first-order chi connectivity index (χ1) is 7.50. The summed E-state index contributed by atoms with van der Waals surface area (Å²) in [6.45, 7) is 3.59. The van der Waals surface area contributed by atoms with Crippen molar-refractivity contribution < 1.29 is 15.0 Å². The summed E-state index contributed by atoms with van der Waals surface area (Å²) in [6.07, 6.45) is 6.89. The first-order valence-corrected chi connectivity index (χ1v) is 6.40. The van der Waals surface area contributed by atoms with Crippen LogP contribution in [0.3, 0.4) is 0 Å². The van der Waals surface area contributed by atoms with Gasteiger partial charge in [0.05, 0.1) is 0 Å². The molecule has 0 aromatic heterocycles. The molecule has 0 saturated heterocycles. The number of hydrogen-bond donors (Lipinski definition) is 2. The smallest absolute Gasteiger partial charge is 0.162 e. The Kier molecular flexibility index (Phi) is 4.93. The van der Waals surface area contributed by atoms with Gasteiger partial charge >= 0.3 is 0 Å². The summed E-state index contributed by atoms with van der Waals surface area (Å²) in [6, 6.07) is 0. The zero-order chi connectivity index (χ0) is 12.2. The van der Waals surface area contributed by atoms with E-state index in [1.165, 1.54) is 6.92 Å². The van der Waals surface area contributed by atoms with Crippen molar-refractivity contribution in [3.8, 4) is 0 Å². The van der Waals surface area contributed by atoms with Crippen molar-refractivity contribution >= 4 is 6.29 Å². The topological polar surface area (TPSA) is 57.5 Å². The van der Waals surface area contributed by atoms with Crippen LogP contribution in [0, 0.1) is 17.8 Å². The van der Waals surface area contributed by atoms with Gasteiger partial charge in [-0.1, -0.05) is 26.2 Å². The van der Waals surface area contributed by atoms with Crippen molar-refractivity contribution in [2.45, 2.75) is 58.2 Å². The lowest BCUT2D eigenvalue weighted by Crippen LogP contribution is -2.37. The maximum Gasteiger partial charge on any atom is 0.162 e. The Morgan fingerprint density at radius 3 is 2.50 bits per heavy atom. The van der Waals surface area contributed by atoms with Crippen LogP contribution in [0.1, 0.15) is 52.4 Å². The van der Waals surface area contributed by atoms with Gasteiger partial charge in [-0.3, -0.25) is 0 Å². The monoisotopic (exact) mass is 228 g/mol. The molecule has 1 rings (SSSR count). The zero-order valence-corrected chi connectivity index (χ0v) is 10.4. The molecule has 0 aromatic rings. The van der Waals surface area contributed by atoms with Crippen molar-refractivity contribution in [1.82, 2.24) is 0 Å². The van der Waals surface area contributed by atoms with Gasteiger partial charge < -0.3 is 15.0 Å². The molecule has 3 unspecified atom stereocenters. The predicted molar refractivity (Wildman–Crippen MR) is 62.8 cm³/mol. The fraction of sp³-hybridized carbons (Fsp3) is 0.923. The molecule has 0 amide bonds. The van der Waals surface area contributed by atoms with Crippen LogP contribution in [0.2, 0.25) is 0 Å². The molecule has 3 atom stereocenters. The third-order valence-electron chi connectivity index (χ3n) is 3.90. The summed E-state index contributed by atoms with van der Waals surface area (Å²) in [5, 5.41) is 19.4. The summed E-state index contributed by atoms with van der Waals surface area (Å²) >= 11 is 0. The molecule has 0 radical (unpaired) electrons. The lowest BCUT2D eigenvalue weighted by atomic mass is 9.81. The standard InChI is InChI=1S/C13H24O3/c1-3-4-5-6-11-10(9-14)7-8-12(11)13(2,15)16/h9-12,15-16H,3-8H2,1-2H3. The third-order valence-corrected chi connectivity index (χ3v) is 3.90. The van der Waals surface area contributed by atoms with Crippen molar-refractivity contribution in [3.05, 3.63) is 0 Å². The third kappa shape index (κ3) is 3.29. The molecule has 1 saturated carbocycles. The Hall–Kier alpha value is -0.410. The number of unbranched alkanes of at least 4 members (excludes halogenated alkanes) is 2. The van der Waals surface area contributed by atoms with Gasteiger partial charge in [0.15, 0.2) is 5.79 Å². The Balaban J connectivity index is 2.60. The van der Waals surface area contributed by atoms with Gasteiger partial charge in [0.2, 0.25) is 0 Å². The highest BCUT2D eigenvalue weighted by Gasteiger charge is 2.44. The van der Waals surface area contributed by atoms with E-state index in [2.05, 4.69) is 6.92 Å². The summed E-state index contributed by atoms with van der Waals surface area (Å²) in [5.74, 6) is -1.58. The quantitative estimate of drug-likeness (QED) is 0.416. The van der Waals surface area contributed by atoms with Gasteiger partial charge in [-0.2, -0.15) is 0 Å². The van der Waals surface area contributed by atoms with Crippen LogP contribution in [0.5, 0.6) is 0 Å². The highest BCUT2D eigenvalue weighted by atomic mass is 16.5. The van der Waals surface area contributed by atoms with Gasteiger partial charge in [-0.25, -0.2) is 0 Å². The van der Waals surface area contributed by atoms with Gasteiger partial charge in [0.25, 0.3) is 0 Å². The Morgan fingerprint density at radius 1 is 1.31 bits per heavy atom. The molecular weight excluding hydrogens is 204 g/mol. The average molecular weight is 228 g/mol. The molecule has 1 aliphatic rings. The number of carbonyl (C=O) groups excluding carboxylic acids is 1. The molecule has 3 nitrogen and oxygen atoms in total. The van der Waals surface area contributed by atoms with Crippen molar-refractivity contribution in [2.24, 2.45) is 17.8 Å². The van der Waals surface area contributed by atoms with E-state index in [9.17, 15) is 15.0 Å². The molecule has 0 bridgehead atoms. The molecule has 2 N–H and O–H groups in total. The molecule has 16 heavy (non-hydrogen) atoms. The van der Waals surface area contributed by atoms with Gasteiger partial charge in [0, 0.05) is 11.8 Å². The predicted octanol–water partition coefficient (Wildman–Crippen LogP) is 2.11. The molecule has 3 heteroatoms. The van der Waals surface area contributed by atoms with Crippen molar-refractivity contribution in [1.29, 1.82) is 0 Å². The Bertz CT molecular complexity index is 220. The van der Waals surface area contributed by atoms with Crippen LogP contribution in [-0.2, 0) is 4.79 Å². The molecule has 0 aliphatic heterocycles. The van der Waals surface area contributed by atoms with E-state index in [1.54, 1.807) is 0 Å². The van der Waals surface area contributed by atoms with E-state index in [0.717, 1.165) is 44.8 Å². The SMILES string of the molecule is CCCCCC1C(C=O)CCC1C(C)(O)O. The Morgan fingerprint density at radius 2 is 2.00 bits per heavy atom. The van der Waals surface area contributed by atoms with Crippen LogP contribution in [-0.4, -0.2) is 22.3 Å². The van der Waals surface area contributed by atoms with Crippen molar-refractivity contribution in [3.63, 3.8) is 0 Å². The van der Waals surface area contributed by atoms with E-state index in [-0.39, 0.29) is 17.8 Å². The van der Waals surface area contributed by atoms with Crippen LogP contribution in [0.4, 0.5) is 0 Å². The van der Waals surface area contributed by atoms with E-state index in [4.69, 9.17) is 0 Å². The molecule has 94 valence electrons. The lowest BCUT2D eigenvalue weighted by Gasteiger charge is -2.30. The van der Waals surface area contributed by atoms with Crippen molar-refractivity contribution in [2.75, 3.05) is 0 Å². The zero-order valence-electron chi connectivity index (χ0n) is 10.4. The first-order valence-electron chi connectivity index (χ1n) is 6.40. The number of hydrogen-bond acceptors (Lipinski definition) is 3. The molecule has 0 spiro atoms. The van der Waals surface area contributed by atoms with Crippen LogP contribution >= 0.6 is 0 Å². The fourth-order valence-electron chi connectivity index (χ4n) is 2.99. The molecule has 0 aromatic carbocycles. The molecule has 1 aliphatic carbocycles. The lowest BCUT2D eigenvalue weighted by molar-refractivity contribution is -0.195. The summed E-state index contributed by atoms with van der Waals surface area (Å²) in [5.41, 5.74) is 0. The highest BCUT2D eigenvalue weighted by molar-refractivity contribution is 5.54. The molecular formula is C13H24O3. The minimum absolute atomic E-state index is 0.0282. The highest BCUT2D eigenvalue weighted by Crippen LogP contribution is 2.43. The summed E-state index contributed by atoms with van der Waals surface area (Å²) < 4.78 is 0. The second kappa shape index (κ2) is 5.78. The van der Waals surface area contributed by atoms with Gasteiger partial charge in [0.1, 0.15) is 6.29 Å². The number of aliphatic hydroxyl groups is 2. The fourth-order valence-corrected chi connectivity index (χ4v) is 2.99.